The van der Waals surface area contributed by atoms with Crippen molar-refractivity contribution in [2.24, 2.45) is 13.0 Å². The first-order valence-corrected chi connectivity index (χ1v) is 4.31. The van der Waals surface area contributed by atoms with Crippen LogP contribution >= 0.6 is 0 Å². The predicted molar refractivity (Wildman–Crippen MR) is 50.4 cm³/mol. The van der Waals surface area contributed by atoms with Crippen LogP contribution in [-0.4, -0.2) is 25.6 Å². The molecule has 0 radical (unpaired) electrons. The van der Waals surface area contributed by atoms with Gasteiger partial charge in [-0.15, -0.1) is 0 Å². The number of hydrogen-bond donors (Lipinski definition) is 1. The Labute approximate surface area is 85.5 Å². The maximum absolute atomic E-state index is 10.6. The lowest BCUT2D eigenvalue weighted by atomic mass is 10.1. The Kier molecular flexibility index (Phi) is 3.03. The molecule has 0 amide bonds. The fraction of sp³-hybridized carbons (Fsp3) is 0.500. The summed E-state index contributed by atoms with van der Waals surface area (Å²) in [6.45, 7) is 1.50. The van der Waals surface area contributed by atoms with E-state index in [2.05, 4.69) is 4.98 Å². The van der Waals surface area contributed by atoms with E-state index in [4.69, 9.17) is 5.11 Å². The zero-order chi connectivity index (χ0) is 11.6. The van der Waals surface area contributed by atoms with Gasteiger partial charge in [-0.2, -0.15) is 0 Å². The Hall–Kier alpha value is -1.92. The molecule has 0 aliphatic heterocycles. The van der Waals surface area contributed by atoms with Gasteiger partial charge >= 0.3 is 11.8 Å². The molecule has 7 heteroatoms. The topological polar surface area (TPSA) is 98.3 Å². The minimum Gasteiger partial charge on any atom is -0.481 e. The summed E-state index contributed by atoms with van der Waals surface area (Å²) in [5.41, 5.74) is 0.329. The quantitative estimate of drug-likeness (QED) is 0.583. The van der Waals surface area contributed by atoms with Crippen molar-refractivity contribution in [3.8, 4) is 0 Å². The molecule has 1 aromatic rings. The van der Waals surface area contributed by atoms with Crippen molar-refractivity contribution >= 4 is 11.8 Å². The van der Waals surface area contributed by atoms with Gasteiger partial charge in [0, 0.05) is 13.5 Å². The number of carboxylic acids is 1. The van der Waals surface area contributed by atoms with E-state index < -0.39 is 16.8 Å². The predicted octanol–water partition coefficient (Wildman–Crippen LogP) is 0.591. The molecule has 7 nitrogen and oxygen atoms in total. The highest BCUT2D eigenvalue weighted by molar-refractivity contribution is 5.70. The van der Waals surface area contributed by atoms with E-state index in [1.54, 1.807) is 7.05 Å². The maximum atomic E-state index is 10.6. The van der Waals surface area contributed by atoms with E-state index in [9.17, 15) is 14.9 Å². The lowest BCUT2D eigenvalue weighted by Crippen LogP contribution is -2.15. The lowest BCUT2D eigenvalue weighted by Gasteiger charge is -2.05. The molecule has 1 heterocycles. The molecule has 0 bridgehead atoms. The van der Waals surface area contributed by atoms with Crippen LogP contribution in [0.25, 0.3) is 0 Å². The summed E-state index contributed by atoms with van der Waals surface area (Å²) in [4.78, 5) is 24.2. The highest BCUT2D eigenvalue weighted by atomic mass is 16.6. The first kappa shape index (κ1) is 11.2. The van der Waals surface area contributed by atoms with Crippen molar-refractivity contribution in [3.05, 3.63) is 22.1 Å². The average Bonchev–Trinajstić information content (AvgIpc) is 2.48. The molecule has 1 atom stereocenters. The van der Waals surface area contributed by atoms with E-state index in [-0.39, 0.29) is 12.2 Å². The molecular weight excluding hydrogens is 202 g/mol. The van der Waals surface area contributed by atoms with Gasteiger partial charge in [0.2, 0.25) is 6.33 Å². The normalized spacial score (nSPS) is 12.4. The fourth-order valence-corrected chi connectivity index (χ4v) is 1.21. The number of nitro groups is 1. The van der Waals surface area contributed by atoms with Crippen LogP contribution in [0.3, 0.4) is 0 Å². The number of imidazole rings is 1. The molecule has 1 unspecified atom stereocenters. The maximum Gasteiger partial charge on any atom is 0.384 e. The molecule has 0 saturated carbocycles. The number of aryl methyl sites for hydroxylation is 1. The third-order valence-corrected chi connectivity index (χ3v) is 2.13. The SMILES string of the molecule is CC(Cc1c([N+](=O)[O-])ncn1C)C(=O)O. The monoisotopic (exact) mass is 213 g/mol. The van der Waals surface area contributed by atoms with Gasteiger partial charge in [-0.25, -0.2) is 0 Å². The molecular formula is C8H11N3O4. The second kappa shape index (κ2) is 4.07. The summed E-state index contributed by atoms with van der Waals surface area (Å²) in [6.07, 6.45) is 1.41. The van der Waals surface area contributed by atoms with Gasteiger partial charge in [0.1, 0.15) is 5.69 Å². The van der Waals surface area contributed by atoms with Crippen LogP contribution in [0.5, 0.6) is 0 Å². The first-order valence-electron chi connectivity index (χ1n) is 4.31. The number of nitrogens with zero attached hydrogens (tertiary/aromatic N) is 3. The molecule has 1 rings (SSSR count). The molecule has 15 heavy (non-hydrogen) atoms. The fourth-order valence-electron chi connectivity index (χ4n) is 1.21. The van der Waals surface area contributed by atoms with Crippen LogP contribution in [0.2, 0.25) is 0 Å². The van der Waals surface area contributed by atoms with Gasteiger partial charge in [-0.3, -0.25) is 4.79 Å². The van der Waals surface area contributed by atoms with Crippen LogP contribution in [0.4, 0.5) is 5.82 Å². The zero-order valence-electron chi connectivity index (χ0n) is 8.38. The van der Waals surface area contributed by atoms with E-state index in [0.717, 1.165) is 0 Å². The number of aromatic nitrogens is 2. The number of carbonyl (C=O) groups is 1. The summed E-state index contributed by atoms with van der Waals surface area (Å²) in [7, 11) is 1.60. The second-order valence-corrected chi connectivity index (χ2v) is 3.33. The first-order chi connectivity index (χ1) is 6.93. The van der Waals surface area contributed by atoms with Crippen molar-refractivity contribution < 1.29 is 14.8 Å². The number of carboxylic acid groups (broad SMARTS) is 1. The van der Waals surface area contributed by atoms with Gasteiger partial charge in [0.25, 0.3) is 0 Å². The summed E-state index contributed by atoms with van der Waals surface area (Å²) >= 11 is 0. The summed E-state index contributed by atoms with van der Waals surface area (Å²) < 4.78 is 1.47. The standard InChI is InChI=1S/C8H11N3O4/c1-5(8(12)13)3-6-7(11(14)15)9-4-10(6)2/h4-5H,3H2,1-2H3,(H,12,13). The van der Waals surface area contributed by atoms with Gasteiger partial charge in [0.05, 0.1) is 5.92 Å². The van der Waals surface area contributed by atoms with Gasteiger partial charge < -0.3 is 19.8 Å². The molecule has 1 aromatic heterocycles. The minimum absolute atomic E-state index is 0.0994. The average molecular weight is 213 g/mol. The molecule has 0 saturated heterocycles. The third kappa shape index (κ3) is 2.30. The van der Waals surface area contributed by atoms with Crippen LogP contribution in [-0.2, 0) is 18.3 Å². The molecule has 0 aliphatic carbocycles. The van der Waals surface area contributed by atoms with Crippen LogP contribution in [0, 0.1) is 16.0 Å². The second-order valence-electron chi connectivity index (χ2n) is 3.33. The summed E-state index contributed by atoms with van der Waals surface area (Å²) in [5, 5.41) is 19.3. The van der Waals surface area contributed by atoms with Crippen molar-refractivity contribution in [2.75, 3.05) is 0 Å². The summed E-state index contributed by atoms with van der Waals surface area (Å²) in [5.74, 6) is -1.92. The lowest BCUT2D eigenvalue weighted by molar-refractivity contribution is -0.390. The van der Waals surface area contributed by atoms with E-state index >= 15 is 0 Å². The highest BCUT2D eigenvalue weighted by Crippen LogP contribution is 2.18. The Morgan fingerprint density at radius 1 is 1.80 bits per heavy atom. The molecule has 0 aromatic carbocycles. The third-order valence-electron chi connectivity index (χ3n) is 2.13. The van der Waals surface area contributed by atoms with Gasteiger partial charge in [0.15, 0.2) is 0 Å². The van der Waals surface area contributed by atoms with Crippen LogP contribution in [0.1, 0.15) is 12.6 Å². The van der Waals surface area contributed by atoms with Crippen LogP contribution < -0.4 is 0 Å². The Balaban J connectivity index is 2.97. The Morgan fingerprint density at radius 2 is 2.40 bits per heavy atom. The van der Waals surface area contributed by atoms with Gasteiger partial charge in [-0.05, 0) is 9.91 Å². The van der Waals surface area contributed by atoms with Crippen LogP contribution in [0.15, 0.2) is 6.33 Å². The largest absolute Gasteiger partial charge is 0.481 e. The zero-order valence-corrected chi connectivity index (χ0v) is 8.38. The number of hydrogen-bond acceptors (Lipinski definition) is 4. The van der Waals surface area contributed by atoms with Gasteiger partial charge in [-0.1, -0.05) is 6.92 Å². The van der Waals surface area contributed by atoms with Crippen molar-refractivity contribution in [2.45, 2.75) is 13.3 Å². The molecule has 0 spiro atoms. The smallest absolute Gasteiger partial charge is 0.384 e. The van der Waals surface area contributed by atoms with Crippen molar-refractivity contribution in [3.63, 3.8) is 0 Å². The molecule has 0 fully saturated rings. The van der Waals surface area contributed by atoms with E-state index in [1.165, 1.54) is 17.8 Å². The molecule has 82 valence electrons. The van der Waals surface area contributed by atoms with E-state index in [0.29, 0.717) is 5.69 Å². The van der Waals surface area contributed by atoms with E-state index in [1.807, 2.05) is 0 Å². The van der Waals surface area contributed by atoms with Crippen molar-refractivity contribution in [1.29, 1.82) is 0 Å². The molecule has 0 aliphatic rings. The Morgan fingerprint density at radius 3 is 2.87 bits per heavy atom. The summed E-state index contributed by atoms with van der Waals surface area (Å²) in [6, 6.07) is 0. The Bertz CT molecular complexity index is 399. The minimum atomic E-state index is -0.981. The highest BCUT2D eigenvalue weighted by Gasteiger charge is 2.24. The molecule has 1 N–H and O–H groups in total. The number of aliphatic carboxylic acids is 1. The van der Waals surface area contributed by atoms with Crippen molar-refractivity contribution in [1.82, 2.24) is 9.55 Å². The number of rotatable bonds is 4.